The van der Waals surface area contributed by atoms with Crippen LogP contribution in [0, 0.1) is 5.41 Å². The van der Waals surface area contributed by atoms with E-state index in [-0.39, 0.29) is 11.6 Å². The Bertz CT molecular complexity index is 380. The van der Waals surface area contributed by atoms with Crippen molar-refractivity contribution in [2.75, 3.05) is 20.2 Å². The topological polar surface area (TPSA) is 45.1 Å². The zero-order valence-electron chi connectivity index (χ0n) is 11.6. The molecule has 1 aliphatic carbocycles. The van der Waals surface area contributed by atoms with Gasteiger partial charge >= 0.3 is 0 Å². The molecule has 1 saturated heterocycles. The van der Waals surface area contributed by atoms with Gasteiger partial charge in [-0.2, -0.15) is 0 Å². The lowest BCUT2D eigenvalue weighted by Crippen LogP contribution is -2.52. The summed E-state index contributed by atoms with van der Waals surface area (Å²) in [5.41, 5.74) is 0.646. The second kappa shape index (κ2) is 3.94. The molecule has 3 rings (SSSR count). The van der Waals surface area contributed by atoms with Gasteiger partial charge in [-0.15, -0.1) is 0 Å². The summed E-state index contributed by atoms with van der Waals surface area (Å²) >= 11 is 0. The van der Waals surface area contributed by atoms with E-state index in [1.807, 2.05) is 0 Å². The highest BCUT2D eigenvalue weighted by Crippen LogP contribution is 2.50. The number of aliphatic imine (C=N–C) groups is 1. The third-order valence-electron chi connectivity index (χ3n) is 5.00. The number of methoxy groups -OCH3 is 1. The van der Waals surface area contributed by atoms with Crippen LogP contribution in [0.5, 0.6) is 0 Å². The minimum Gasteiger partial charge on any atom is -0.388 e. The third-order valence-corrected chi connectivity index (χ3v) is 5.00. The quantitative estimate of drug-likeness (QED) is 0.768. The second-order valence-electron chi connectivity index (χ2n) is 6.89. The standard InChI is InChI=1S/C14H24N2O2/c1-13(2)4-5-14(9-13)6-7-15-12-11(18-3)10(17)8-16(12)14/h10-11,17H,4-9H2,1-3H3/t10-,11+,14-/m0/s1. The molecule has 102 valence electrons. The second-order valence-corrected chi connectivity index (χ2v) is 6.89. The van der Waals surface area contributed by atoms with Crippen LogP contribution in [0.1, 0.15) is 39.5 Å². The van der Waals surface area contributed by atoms with Crippen molar-refractivity contribution in [2.24, 2.45) is 10.4 Å². The summed E-state index contributed by atoms with van der Waals surface area (Å²) in [6, 6.07) is 0. The predicted octanol–water partition coefficient (Wildman–Crippen LogP) is 1.43. The smallest absolute Gasteiger partial charge is 0.142 e. The Labute approximate surface area is 109 Å². The van der Waals surface area contributed by atoms with Gasteiger partial charge in [-0.05, 0) is 31.1 Å². The van der Waals surface area contributed by atoms with E-state index in [1.165, 1.54) is 19.3 Å². The average molecular weight is 252 g/mol. The molecule has 0 aromatic heterocycles. The van der Waals surface area contributed by atoms with Gasteiger partial charge in [-0.1, -0.05) is 13.8 Å². The van der Waals surface area contributed by atoms with Crippen molar-refractivity contribution in [1.29, 1.82) is 0 Å². The SMILES string of the molecule is CO[C@H]1C2=NCC[C@]3(CCC(C)(C)C3)N2C[C@@H]1O. The highest BCUT2D eigenvalue weighted by atomic mass is 16.5. The van der Waals surface area contributed by atoms with Gasteiger partial charge < -0.3 is 14.7 Å². The molecule has 0 aromatic carbocycles. The third kappa shape index (κ3) is 1.69. The highest BCUT2D eigenvalue weighted by molar-refractivity contribution is 5.90. The number of hydrogen-bond acceptors (Lipinski definition) is 4. The number of rotatable bonds is 1. The van der Waals surface area contributed by atoms with E-state index >= 15 is 0 Å². The molecule has 2 fully saturated rings. The van der Waals surface area contributed by atoms with Gasteiger partial charge in [0.15, 0.2) is 0 Å². The minimum absolute atomic E-state index is 0.217. The van der Waals surface area contributed by atoms with E-state index in [0.29, 0.717) is 12.0 Å². The molecule has 4 nitrogen and oxygen atoms in total. The lowest BCUT2D eigenvalue weighted by Gasteiger charge is -2.44. The summed E-state index contributed by atoms with van der Waals surface area (Å²) in [5, 5.41) is 10.1. The first kappa shape index (κ1) is 12.4. The average Bonchev–Trinajstić information content (AvgIpc) is 2.78. The summed E-state index contributed by atoms with van der Waals surface area (Å²) in [7, 11) is 1.67. The van der Waals surface area contributed by atoms with Crippen LogP contribution in [-0.2, 0) is 4.74 Å². The van der Waals surface area contributed by atoms with E-state index in [4.69, 9.17) is 4.74 Å². The zero-order chi connectivity index (χ0) is 13.0. The molecule has 1 N–H and O–H groups in total. The van der Waals surface area contributed by atoms with Crippen molar-refractivity contribution in [2.45, 2.75) is 57.3 Å². The largest absolute Gasteiger partial charge is 0.388 e. The number of fused-ring (bicyclic) bond motifs is 2. The Kier molecular flexibility index (Phi) is 2.72. The van der Waals surface area contributed by atoms with Crippen molar-refractivity contribution in [3.63, 3.8) is 0 Å². The van der Waals surface area contributed by atoms with E-state index in [9.17, 15) is 5.11 Å². The molecule has 3 aliphatic rings. The normalized spacial score (nSPS) is 42.2. The Morgan fingerprint density at radius 3 is 2.72 bits per heavy atom. The summed E-state index contributed by atoms with van der Waals surface area (Å²) in [6.45, 7) is 6.28. The van der Waals surface area contributed by atoms with Gasteiger partial charge in [0, 0.05) is 25.7 Å². The van der Waals surface area contributed by atoms with Crippen molar-refractivity contribution in [3.8, 4) is 0 Å². The van der Waals surface area contributed by atoms with E-state index < -0.39 is 6.10 Å². The fraction of sp³-hybridized carbons (Fsp3) is 0.929. The molecule has 0 radical (unpaired) electrons. The van der Waals surface area contributed by atoms with Crippen LogP contribution in [0.3, 0.4) is 0 Å². The van der Waals surface area contributed by atoms with Crippen LogP contribution in [0.25, 0.3) is 0 Å². The van der Waals surface area contributed by atoms with E-state index in [1.54, 1.807) is 7.11 Å². The van der Waals surface area contributed by atoms with Crippen LogP contribution in [-0.4, -0.2) is 53.8 Å². The fourth-order valence-corrected chi connectivity index (χ4v) is 4.17. The molecular weight excluding hydrogens is 228 g/mol. The van der Waals surface area contributed by atoms with Crippen molar-refractivity contribution in [1.82, 2.24) is 4.90 Å². The first-order valence-corrected chi connectivity index (χ1v) is 7.00. The van der Waals surface area contributed by atoms with Gasteiger partial charge in [-0.25, -0.2) is 0 Å². The van der Waals surface area contributed by atoms with Crippen molar-refractivity contribution < 1.29 is 9.84 Å². The lowest BCUT2D eigenvalue weighted by atomic mass is 9.84. The molecule has 1 saturated carbocycles. The maximum absolute atomic E-state index is 10.1. The fourth-order valence-electron chi connectivity index (χ4n) is 4.17. The van der Waals surface area contributed by atoms with Crippen LogP contribution in [0.15, 0.2) is 4.99 Å². The summed E-state index contributed by atoms with van der Waals surface area (Å²) in [4.78, 5) is 6.98. The summed E-state index contributed by atoms with van der Waals surface area (Å²) in [5.74, 6) is 0.994. The number of nitrogens with zero attached hydrogens (tertiary/aromatic N) is 2. The number of ether oxygens (including phenoxy) is 1. The molecule has 18 heavy (non-hydrogen) atoms. The zero-order valence-corrected chi connectivity index (χ0v) is 11.6. The van der Waals surface area contributed by atoms with Gasteiger partial charge in [0.2, 0.25) is 0 Å². The molecule has 3 atom stereocenters. The maximum atomic E-state index is 10.1. The molecule has 0 amide bonds. The van der Waals surface area contributed by atoms with Gasteiger partial charge in [0.05, 0.1) is 0 Å². The van der Waals surface area contributed by atoms with E-state index in [0.717, 1.165) is 18.8 Å². The van der Waals surface area contributed by atoms with Crippen LogP contribution in [0.4, 0.5) is 0 Å². The summed E-state index contributed by atoms with van der Waals surface area (Å²) < 4.78 is 5.43. The molecule has 0 bridgehead atoms. The number of aliphatic hydroxyl groups excluding tert-OH is 1. The Morgan fingerprint density at radius 1 is 1.33 bits per heavy atom. The Hall–Kier alpha value is -0.610. The van der Waals surface area contributed by atoms with Gasteiger partial charge in [0.25, 0.3) is 0 Å². The lowest BCUT2D eigenvalue weighted by molar-refractivity contribution is 0.0382. The molecule has 0 unspecified atom stereocenters. The van der Waals surface area contributed by atoms with Gasteiger partial charge in [-0.3, -0.25) is 4.99 Å². The van der Waals surface area contributed by atoms with Gasteiger partial charge in [0.1, 0.15) is 18.0 Å². The first-order chi connectivity index (χ1) is 8.47. The number of amidine groups is 1. The Morgan fingerprint density at radius 2 is 2.11 bits per heavy atom. The molecule has 2 aliphatic heterocycles. The number of β-amino-alcohol motifs (C(OH)–C–C–N with tert-alkyl or cyclic N) is 1. The van der Waals surface area contributed by atoms with Crippen molar-refractivity contribution >= 4 is 5.84 Å². The number of hydrogen-bond donors (Lipinski definition) is 1. The number of aliphatic hydroxyl groups is 1. The van der Waals surface area contributed by atoms with Crippen LogP contribution >= 0.6 is 0 Å². The highest BCUT2D eigenvalue weighted by Gasteiger charge is 2.54. The van der Waals surface area contributed by atoms with E-state index in [2.05, 4.69) is 23.7 Å². The van der Waals surface area contributed by atoms with Crippen LogP contribution < -0.4 is 0 Å². The molecule has 1 spiro atoms. The molecular formula is C14H24N2O2. The summed E-state index contributed by atoms with van der Waals surface area (Å²) in [6.07, 6.45) is 4.19. The maximum Gasteiger partial charge on any atom is 0.142 e. The van der Waals surface area contributed by atoms with Crippen LogP contribution in [0.2, 0.25) is 0 Å². The predicted molar refractivity (Wildman–Crippen MR) is 70.8 cm³/mol. The molecule has 0 aromatic rings. The molecule has 2 heterocycles. The monoisotopic (exact) mass is 252 g/mol. The van der Waals surface area contributed by atoms with Crippen molar-refractivity contribution in [3.05, 3.63) is 0 Å². The molecule has 4 heteroatoms. The Balaban J connectivity index is 1.91. The first-order valence-electron chi connectivity index (χ1n) is 7.00. The minimum atomic E-state index is -0.424.